The fourth-order valence-electron chi connectivity index (χ4n) is 1.99. The third-order valence-corrected chi connectivity index (χ3v) is 3.07. The molecule has 0 saturated carbocycles. The Bertz CT molecular complexity index is 497. The summed E-state index contributed by atoms with van der Waals surface area (Å²) in [5.41, 5.74) is 1.02. The topological polar surface area (TPSA) is 35.5 Å². The van der Waals surface area contributed by atoms with Crippen molar-refractivity contribution >= 4 is 5.97 Å². The molecule has 0 aromatic heterocycles. The van der Waals surface area contributed by atoms with Gasteiger partial charge in [0.1, 0.15) is 6.10 Å². The van der Waals surface area contributed by atoms with Crippen molar-refractivity contribution in [1.82, 2.24) is 0 Å². The molecule has 0 bridgehead atoms. The van der Waals surface area contributed by atoms with E-state index in [4.69, 9.17) is 4.74 Å². The van der Waals surface area contributed by atoms with E-state index >= 15 is 0 Å². The highest BCUT2D eigenvalue weighted by Crippen LogP contribution is 2.22. The van der Waals surface area contributed by atoms with Gasteiger partial charge in [-0.25, -0.2) is 4.79 Å². The summed E-state index contributed by atoms with van der Waals surface area (Å²) in [6.07, 6.45) is -2.05. The number of carbonyl (C=O) groups excluding carboxylic acids is 1. The second-order valence-corrected chi connectivity index (χ2v) is 4.74. The van der Waals surface area contributed by atoms with Gasteiger partial charge in [-0.3, -0.25) is 0 Å². The standard InChI is InChI=1S/C15H15F3O3/c16-15(17,18)14(19)21-13-8-6-12(7-9-13)20-10-11-4-2-1-3-5-11/h1-6,8,12-13H,7,9-10H2/t12-,13-/m1/s1. The van der Waals surface area contributed by atoms with Gasteiger partial charge in [0.25, 0.3) is 0 Å². The van der Waals surface area contributed by atoms with Crippen molar-refractivity contribution < 1.29 is 27.4 Å². The quantitative estimate of drug-likeness (QED) is 0.631. The van der Waals surface area contributed by atoms with Crippen LogP contribution in [0.3, 0.4) is 0 Å². The van der Waals surface area contributed by atoms with Gasteiger partial charge < -0.3 is 9.47 Å². The number of carbonyl (C=O) groups is 1. The van der Waals surface area contributed by atoms with Gasteiger partial charge in [-0.1, -0.05) is 36.4 Å². The molecule has 0 N–H and O–H groups in total. The Morgan fingerprint density at radius 2 is 1.71 bits per heavy atom. The van der Waals surface area contributed by atoms with Crippen molar-refractivity contribution in [2.24, 2.45) is 0 Å². The Labute approximate surface area is 120 Å². The molecule has 2 atom stereocenters. The molecule has 0 heterocycles. The number of hydrogen-bond acceptors (Lipinski definition) is 3. The van der Waals surface area contributed by atoms with E-state index < -0.39 is 18.2 Å². The molecule has 21 heavy (non-hydrogen) atoms. The Balaban J connectivity index is 1.78. The molecular weight excluding hydrogens is 285 g/mol. The van der Waals surface area contributed by atoms with Crippen molar-refractivity contribution in [3.8, 4) is 0 Å². The summed E-state index contributed by atoms with van der Waals surface area (Å²) in [4.78, 5) is 10.7. The molecule has 1 aliphatic carbocycles. The first-order chi connectivity index (χ1) is 9.95. The highest BCUT2D eigenvalue weighted by atomic mass is 19.4. The molecule has 1 aliphatic rings. The zero-order valence-electron chi connectivity index (χ0n) is 11.2. The van der Waals surface area contributed by atoms with Crippen LogP contribution in [0.4, 0.5) is 13.2 Å². The molecular formula is C15H15F3O3. The van der Waals surface area contributed by atoms with E-state index in [-0.39, 0.29) is 6.10 Å². The van der Waals surface area contributed by atoms with Crippen molar-refractivity contribution in [2.45, 2.75) is 37.8 Å². The minimum Gasteiger partial charge on any atom is -0.451 e. The summed E-state index contributed by atoms with van der Waals surface area (Å²) >= 11 is 0. The summed E-state index contributed by atoms with van der Waals surface area (Å²) < 4.78 is 46.2. The van der Waals surface area contributed by atoms with Gasteiger partial charge in [-0.2, -0.15) is 13.2 Å². The zero-order valence-corrected chi connectivity index (χ0v) is 11.2. The van der Waals surface area contributed by atoms with E-state index in [0.717, 1.165) is 5.56 Å². The smallest absolute Gasteiger partial charge is 0.451 e. The second kappa shape index (κ2) is 6.76. The van der Waals surface area contributed by atoms with Gasteiger partial charge in [0.2, 0.25) is 0 Å². The normalized spacial score (nSPS) is 22.0. The van der Waals surface area contributed by atoms with Crippen molar-refractivity contribution in [3.63, 3.8) is 0 Å². The van der Waals surface area contributed by atoms with Crippen LogP contribution in [0, 0.1) is 0 Å². The van der Waals surface area contributed by atoms with Crippen molar-refractivity contribution in [2.75, 3.05) is 0 Å². The van der Waals surface area contributed by atoms with Gasteiger partial charge in [0.15, 0.2) is 0 Å². The van der Waals surface area contributed by atoms with Crippen LogP contribution >= 0.6 is 0 Å². The van der Waals surface area contributed by atoms with Crippen LogP contribution in [0.1, 0.15) is 18.4 Å². The van der Waals surface area contributed by atoms with Gasteiger partial charge >= 0.3 is 12.1 Å². The van der Waals surface area contributed by atoms with E-state index in [1.54, 1.807) is 6.08 Å². The average molecular weight is 300 g/mol. The summed E-state index contributed by atoms with van der Waals surface area (Å²) in [6.45, 7) is 0.433. The molecule has 2 rings (SSSR count). The molecule has 0 saturated heterocycles. The van der Waals surface area contributed by atoms with Crippen molar-refractivity contribution in [1.29, 1.82) is 0 Å². The van der Waals surface area contributed by atoms with E-state index in [1.807, 2.05) is 30.3 Å². The number of hydrogen-bond donors (Lipinski definition) is 0. The number of alkyl halides is 3. The Hall–Kier alpha value is -1.82. The number of esters is 1. The highest BCUT2D eigenvalue weighted by molar-refractivity contribution is 5.75. The second-order valence-electron chi connectivity index (χ2n) is 4.74. The minimum atomic E-state index is -4.95. The number of benzene rings is 1. The summed E-state index contributed by atoms with van der Waals surface area (Å²) in [6, 6.07) is 9.58. The molecule has 0 amide bonds. The van der Waals surface area contributed by atoms with Gasteiger partial charge in [0.05, 0.1) is 12.7 Å². The maximum absolute atomic E-state index is 12.1. The lowest BCUT2D eigenvalue weighted by Gasteiger charge is -2.23. The maximum atomic E-state index is 12.1. The molecule has 0 aliphatic heterocycles. The number of ether oxygens (including phenoxy) is 2. The van der Waals surface area contributed by atoms with Crippen LogP contribution in [-0.2, 0) is 20.9 Å². The van der Waals surface area contributed by atoms with Gasteiger partial charge in [-0.15, -0.1) is 0 Å². The third kappa shape index (κ3) is 4.90. The minimum absolute atomic E-state index is 0.175. The largest absolute Gasteiger partial charge is 0.490 e. The van der Waals surface area contributed by atoms with E-state index in [0.29, 0.717) is 19.4 Å². The van der Waals surface area contributed by atoms with E-state index in [2.05, 4.69) is 4.74 Å². The SMILES string of the molecule is O=C(O[C@@H]1C=C[C@@H](OCc2ccccc2)CC1)C(F)(F)F. The molecule has 0 spiro atoms. The summed E-state index contributed by atoms with van der Waals surface area (Å²) in [5, 5.41) is 0. The maximum Gasteiger partial charge on any atom is 0.490 e. The third-order valence-electron chi connectivity index (χ3n) is 3.07. The highest BCUT2D eigenvalue weighted by Gasteiger charge is 2.42. The lowest BCUT2D eigenvalue weighted by Crippen LogP contribution is -2.31. The Morgan fingerprint density at radius 1 is 1.10 bits per heavy atom. The lowest BCUT2D eigenvalue weighted by molar-refractivity contribution is -0.203. The Kier molecular flexibility index (Phi) is 5.01. The number of halogens is 3. The van der Waals surface area contributed by atoms with Crippen LogP contribution in [0.15, 0.2) is 42.5 Å². The predicted molar refractivity (Wildman–Crippen MR) is 69.3 cm³/mol. The van der Waals surface area contributed by atoms with Crippen LogP contribution in [0.2, 0.25) is 0 Å². The fraction of sp³-hybridized carbons (Fsp3) is 0.400. The first kappa shape index (κ1) is 15.6. The molecule has 0 fully saturated rings. The molecule has 1 aromatic carbocycles. The Morgan fingerprint density at radius 3 is 2.29 bits per heavy atom. The monoisotopic (exact) mass is 300 g/mol. The van der Waals surface area contributed by atoms with E-state index in [1.165, 1.54) is 6.08 Å². The summed E-state index contributed by atoms with van der Waals surface area (Å²) in [7, 11) is 0. The first-order valence-corrected chi connectivity index (χ1v) is 6.57. The van der Waals surface area contributed by atoms with Gasteiger partial charge in [0, 0.05) is 0 Å². The van der Waals surface area contributed by atoms with E-state index in [9.17, 15) is 18.0 Å². The van der Waals surface area contributed by atoms with Gasteiger partial charge in [-0.05, 0) is 24.5 Å². The molecule has 3 nitrogen and oxygen atoms in total. The van der Waals surface area contributed by atoms with Crippen LogP contribution in [0.5, 0.6) is 0 Å². The van der Waals surface area contributed by atoms with Crippen LogP contribution in [-0.4, -0.2) is 24.4 Å². The molecule has 6 heteroatoms. The molecule has 114 valence electrons. The van der Waals surface area contributed by atoms with Crippen LogP contribution < -0.4 is 0 Å². The number of rotatable bonds is 4. The molecule has 1 aromatic rings. The zero-order chi connectivity index (χ0) is 15.3. The summed E-state index contributed by atoms with van der Waals surface area (Å²) in [5.74, 6) is -2.15. The first-order valence-electron chi connectivity index (χ1n) is 6.57. The molecule has 0 unspecified atom stereocenters. The fourth-order valence-corrected chi connectivity index (χ4v) is 1.99. The van der Waals surface area contributed by atoms with Crippen molar-refractivity contribution in [3.05, 3.63) is 48.0 Å². The predicted octanol–water partition coefficient (Wildman–Crippen LogP) is 3.40. The average Bonchev–Trinajstić information content (AvgIpc) is 2.46. The van der Waals surface area contributed by atoms with Crippen LogP contribution in [0.25, 0.3) is 0 Å². The lowest BCUT2D eigenvalue weighted by atomic mass is 10.0. The molecule has 0 radical (unpaired) electrons.